The van der Waals surface area contributed by atoms with Crippen molar-refractivity contribution >= 4 is 11.6 Å². The first-order valence-electron chi connectivity index (χ1n) is 6.58. The molecule has 1 aliphatic rings. The van der Waals surface area contributed by atoms with E-state index in [1.165, 1.54) is 0 Å². The van der Waals surface area contributed by atoms with Gasteiger partial charge in [0.2, 0.25) is 5.91 Å². The third-order valence-corrected chi connectivity index (χ3v) is 3.46. The molecular formula is C15H22N2O2. The lowest BCUT2D eigenvalue weighted by Crippen LogP contribution is -2.34. The number of carbonyl (C=O) groups is 1. The van der Waals surface area contributed by atoms with Crippen LogP contribution >= 0.6 is 0 Å². The first kappa shape index (κ1) is 14.0. The molecule has 0 bridgehead atoms. The highest BCUT2D eigenvalue weighted by atomic mass is 16.3. The topological polar surface area (TPSA) is 61.4 Å². The smallest absolute Gasteiger partial charge is 0.234 e. The number of amides is 1. The maximum absolute atomic E-state index is 11.8. The van der Waals surface area contributed by atoms with E-state index in [9.17, 15) is 9.90 Å². The standard InChI is InChI=1S/C15H22N2O2/c1-14(2,19)9-16-8-10-5-6-12-11(7-10)15(3,4)13(18)17-12/h5-7,16,19H,8-9H2,1-4H3,(H,17,18). The van der Waals surface area contributed by atoms with Crippen LogP contribution in [0.3, 0.4) is 0 Å². The van der Waals surface area contributed by atoms with Gasteiger partial charge in [0.05, 0.1) is 11.0 Å². The fourth-order valence-electron chi connectivity index (χ4n) is 2.24. The highest BCUT2D eigenvalue weighted by Gasteiger charge is 2.38. The van der Waals surface area contributed by atoms with Crippen LogP contribution in [0.1, 0.15) is 38.8 Å². The van der Waals surface area contributed by atoms with Crippen LogP contribution in [-0.4, -0.2) is 23.2 Å². The van der Waals surface area contributed by atoms with Gasteiger partial charge in [0, 0.05) is 18.8 Å². The van der Waals surface area contributed by atoms with Crippen LogP contribution in [0.15, 0.2) is 18.2 Å². The van der Waals surface area contributed by atoms with E-state index in [2.05, 4.69) is 16.7 Å². The Bertz CT molecular complexity index is 501. The molecule has 0 aromatic heterocycles. The van der Waals surface area contributed by atoms with Gasteiger partial charge in [-0.3, -0.25) is 4.79 Å². The van der Waals surface area contributed by atoms with Gasteiger partial charge in [0.1, 0.15) is 0 Å². The van der Waals surface area contributed by atoms with E-state index in [1.54, 1.807) is 13.8 Å². The molecule has 0 saturated heterocycles. The lowest BCUT2D eigenvalue weighted by atomic mass is 9.85. The summed E-state index contributed by atoms with van der Waals surface area (Å²) in [4.78, 5) is 11.8. The van der Waals surface area contributed by atoms with Crippen LogP contribution in [0.4, 0.5) is 5.69 Å². The molecule has 0 saturated carbocycles. The zero-order chi connectivity index (χ0) is 14.3. The van der Waals surface area contributed by atoms with Gasteiger partial charge in [0.15, 0.2) is 0 Å². The van der Waals surface area contributed by atoms with E-state index >= 15 is 0 Å². The maximum atomic E-state index is 11.8. The van der Waals surface area contributed by atoms with E-state index < -0.39 is 11.0 Å². The van der Waals surface area contributed by atoms with Crippen LogP contribution in [0.25, 0.3) is 0 Å². The van der Waals surface area contributed by atoms with Crippen molar-refractivity contribution < 1.29 is 9.90 Å². The molecule has 0 atom stereocenters. The van der Waals surface area contributed by atoms with E-state index in [4.69, 9.17) is 0 Å². The molecule has 0 radical (unpaired) electrons. The van der Waals surface area contributed by atoms with Crippen molar-refractivity contribution in [1.82, 2.24) is 5.32 Å². The Morgan fingerprint density at radius 3 is 2.68 bits per heavy atom. The predicted molar refractivity (Wildman–Crippen MR) is 76.1 cm³/mol. The quantitative estimate of drug-likeness (QED) is 0.775. The van der Waals surface area contributed by atoms with Gasteiger partial charge in [-0.25, -0.2) is 0 Å². The van der Waals surface area contributed by atoms with Crippen LogP contribution in [0.5, 0.6) is 0 Å². The Labute approximate surface area is 114 Å². The molecular weight excluding hydrogens is 240 g/mol. The second-order valence-electron chi connectivity index (χ2n) is 6.38. The average Bonchev–Trinajstić information content (AvgIpc) is 2.49. The average molecular weight is 262 g/mol. The Morgan fingerprint density at radius 2 is 2.05 bits per heavy atom. The molecule has 0 fully saturated rings. The fourth-order valence-corrected chi connectivity index (χ4v) is 2.24. The number of anilines is 1. The summed E-state index contributed by atoms with van der Waals surface area (Å²) in [5.74, 6) is 0.0455. The summed E-state index contributed by atoms with van der Waals surface area (Å²) in [6, 6.07) is 6.01. The van der Waals surface area contributed by atoms with Gasteiger partial charge in [-0.05, 0) is 44.9 Å². The number of benzene rings is 1. The van der Waals surface area contributed by atoms with Crippen molar-refractivity contribution in [3.63, 3.8) is 0 Å². The molecule has 3 N–H and O–H groups in total. The molecule has 0 aliphatic carbocycles. The first-order valence-corrected chi connectivity index (χ1v) is 6.58. The number of rotatable bonds is 4. The second kappa shape index (κ2) is 4.62. The van der Waals surface area contributed by atoms with Crippen LogP contribution in [-0.2, 0) is 16.8 Å². The van der Waals surface area contributed by atoms with E-state index in [0.29, 0.717) is 13.1 Å². The third kappa shape index (κ3) is 2.96. The number of hydrogen-bond acceptors (Lipinski definition) is 3. The van der Waals surface area contributed by atoms with E-state index in [-0.39, 0.29) is 5.91 Å². The molecule has 1 amide bonds. The molecule has 1 aromatic rings. The summed E-state index contributed by atoms with van der Waals surface area (Å²) < 4.78 is 0. The minimum Gasteiger partial charge on any atom is -0.389 e. The number of aliphatic hydroxyl groups is 1. The molecule has 0 unspecified atom stereocenters. The van der Waals surface area contributed by atoms with Crippen molar-refractivity contribution in [1.29, 1.82) is 0 Å². The van der Waals surface area contributed by atoms with Crippen LogP contribution < -0.4 is 10.6 Å². The Morgan fingerprint density at radius 1 is 1.37 bits per heavy atom. The lowest BCUT2D eigenvalue weighted by Gasteiger charge is -2.19. The first-order chi connectivity index (χ1) is 8.70. The van der Waals surface area contributed by atoms with Gasteiger partial charge in [0.25, 0.3) is 0 Å². The zero-order valence-corrected chi connectivity index (χ0v) is 12.0. The van der Waals surface area contributed by atoms with Crippen molar-refractivity contribution in [2.24, 2.45) is 0 Å². The molecule has 0 spiro atoms. The Kier molecular flexibility index (Phi) is 3.41. The molecule has 1 aromatic carbocycles. The fraction of sp³-hybridized carbons (Fsp3) is 0.533. The highest BCUT2D eigenvalue weighted by molar-refractivity contribution is 6.05. The van der Waals surface area contributed by atoms with Crippen LogP contribution in [0, 0.1) is 0 Å². The molecule has 1 aliphatic heterocycles. The molecule has 4 nitrogen and oxygen atoms in total. The second-order valence-corrected chi connectivity index (χ2v) is 6.38. The Balaban J connectivity index is 2.10. The monoisotopic (exact) mass is 262 g/mol. The predicted octanol–water partition coefficient (Wildman–Crippen LogP) is 1.78. The van der Waals surface area contributed by atoms with Crippen LogP contribution in [0.2, 0.25) is 0 Å². The molecule has 4 heteroatoms. The van der Waals surface area contributed by atoms with Gasteiger partial charge in [-0.15, -0.1) is 0 Å². The summed E-state index contributed by atoms with van der Waals surface area (Å²) in [7, 11) is 0. The van der Waals surface area contributed by atoms with E-state index in [1.807, 2.05) is 26.0 Å². The minimum absolute atomic E-state index is 0.0455. The lowest BCUT2D eigenvalue weighted by molar-refractivity contribution is -0.119. The molecule has 104 valence electrons. The number of nitrogens with one attached hydrogen (secondary N) is 2. The van der Waals surface area contributed by atoms with Gasteiger partial charge >= 0.3 is 0 Å². The van der Waals surface area contributed by atoms with Crippen molar-refractivity contribution in [3.05, 3.63) is 29.3 Å². The third-order valence-electron chi connectivity index (χ3n) is 3.46. The summed E-state index contributed by atoms with van der Waals surface area (Å²) in [5, 5.41) is 15.8. The molecule has 1 heterocycles. The summed E-state index contributed by atoms with van der Waals surface area (Å²) in [5.41, 5.74) is 1.88. The zero-order valence-electron chi connectivity index (χ0n) is 12.0. The normalized spacial score (nSPS) is 17.2. The summed E-state index contributed by atoms with van der Waals surface area (Å²) in [6.45, 7) is 8.62. The SMILES string of the molecule is CC(C)(O)CNCc1ccc2c(c1)C(C)(C)C(=O)N2. The summed E-state index contributed by atoms with van der Waals surface area (Å²) in [6.07, 6.45) is 0. The Hall–Kier alpha value is -1.39. The van der Waals surface area contributed by atoms with Gasteiger partial charge in [-0.1, -0.05) is 12.1 Å². The van der Waals surface area contributed by atoms with Crippen molar-refractivity contribution in [2.75, 3.05) is 11.9 Å². The van der Waals surface area contributed by atoms with Gasteiger partial charge in [-0.2, -0.15) is 0 Å². The number of carbonyl (C=O) groups excluding carboxylic acids is 1. The van der Waals surface area contributed by atoms with Crippen molar-refractivity contribution in [3.8, 4) is 0 Å². The van der Waals surface area contributed by atoms with E-state index in [0.717, 1.165) is 16.8 Å². The molecule has 19 heavy (non-hydrogen) atoms. The number of hydrogen-bond donors (Lipinski definition) is 3. The highest BCUT2D eigenvalue weighted by Crippen LogP contribution is 2.37. The van der Waals surface area contributed by atoms with Crippen molar-refractivity contribution in [2.45, 2.75) is 45.3 Å². The molecule has 2 rings (SSSR count). The maximum Gasteiger partial charge on any atom is 0.234 e. The van der Waals surface area contributed by atoms with Gasteiger partial charge < -0.3 is 15.7 Å². The number of fused-ring (bicyclic) bond motifs is 1. The largest absolute Gasteiger partial charge is 0.389 e. The minimum atomic E-state index is -0.715. The summed E-state index contributed by atoms with van der Waals surface area (Å²) >= 11 is 0.